The first-order chi connectivity index (χ1) is 7.33. The standard InChI is InChI=1S/C14H27ClO/c1-10(2)16-9-14(4,5)12-7-6-11(3)8-13(12)15/h10-13H,6-9H2,1-5H3. The minimum Gasteiger partial charge on any atom is -0.378 e. The van der Waals surface area contributed by atoms with Crippen molar-refractivity contribution in [3.63, 3.8) is 0 Å². The summed E-state index contributed by atoms with van der Waals surface area (Å²) in [4.78, 5) is 0. The third kappa shape index (κ3) is 3.92. The second-order valence-electron chi connectivity index (χ2n) is 6.39. The molecular weight excluding hydrogens is 220 g/mol. The normalized spacial score (nSPS) is 32.1. The average molecular weight is 247 g/mol. The van der Waals surface area contributed by atoms with Crippen LogP contribution in [0.3, 0.4) is 0 Å². The van der Waals surface area contributed by atoms with Gasteiger partial charge in [0.05, 0.1) is 12.7 Å². The maximum atomic E-state index is 6.52. The lowest BCUT2D eigenvalue weighted by molar-refractivity contribution is -0.0142. The van der Waals surface area contributed by atoms with Crippen molar-refractivity contribution in [1.82, 2.24) is 0 Å². The number of halogens is 1. The predicted molar refractivity (Wildman–Crippen MR) is 71.0 cm³/mol. The highest BCUT2D eigenvalue weighted by Gasteiger charge is 2.38. The van der Waals surface area contributed by atoms with Crippen molar-refractivity contribution in [3.05, 3.63) is 0 Å². The van der Waals surface area contributed by atoms with Crippen molar-refractivity contribution >= 4 is 11.6 Å². The topological polar surface area (TPSA) is 9.23 Å². The molecule has 1 rings (SSSR count). The number of hydrogen-bond donors (Lipinski definition) is 0. The van der Waals surface area contributed by atoms with E-state index in [9.17, 15) is 0 Å². The molecule has 3 atom stereocenters. The first-order valence-corrected chi connectivity index (χ1v) is 7.02. The van der Waals surface area contributed by atoms with Crippen LogP contribution in [-0.4, -0.2) is 18.1 Å². The molecule has 0 spiro atoms. The Kier molecular flexibility index (Phi) is 5.12. The lowest BCUT2D eigenvalue weighted by atomic mass is 9.69. The van der Waals surface area contributed by atoms with Gasteiger partial charge in [0.15, 0.2) is 0 Å². The molecule has 0 aromatic carbocycles. The molecule has 2 heteroatoms. The van der Waals surface area contributed by atoms with Gasteiger partial charge in [-0.1, -0.05) is 27.2 Å². The molecule has 16 heavy (non-hydrogen) atoms. The Morgan fingerprint density at radius 3 is 2.44 bits per heavy atom. The first kappa shape index (κ1) is 14.3. The molecule has 1 aliphatic carbocycles. The van der Waals surface area contributed by atoms with E-state index < -0.39 is 0 Å². The van der Waals surface area contributed by atoms with E-state index in [2.05, 4.69) is 34.6 Å². The molecule has 0 aromatic heterocycles. The largest absolute Gasteiger partial charge is 0.378 e. The summed E-state index contributed by atoms with van der Waals surface area (Å²) in [5.74, 6) is 1.39. The smallest absolute Gasteiger partial charge is 0.0523 e. The third-order valence-corrected chi connectivity index (χ3v) is 4.31. The molecule has 0 radical (unpaired) electrons. The van der Waals surface area contributed by atoms with Gasteiger partial charge in [0.1, 0.15) is 0 Å². The maximum Gasteiger partial charge on any atom is 0.0523 e. The molecule has 0 bridgehead atoms. The van der Waals surface area contributed by atoms with Gasteiger partial charge in [0.25, 0.3) is 0 Å². The lowest BCUT2D eigenvalue weighted by Crippen LogP contribution is -2.39. The van der Waals surface area contributed by atoms with E-state index in [1.165, 1.54) is 12.8 Å². The zero-order chi connectivity index (χ0) is 12.3. The van der Waals surface area contributed by atoms with Gasteiger partial charge in [-0.25, -0.2) is 0 Å². The minimum atomic E-state index is 0.205. The quantitative estimate of drug-likeness (QED) is 0.665. The Hall–Kier alpha value is 0.250. The molecule has 0 N–H and O–H groups in total. The zero-order valence-corrected chi connectivity index (χ0v) is 12.2. The number of alkyl halides is 1. The molecular formula is C14H27ClO. The highest BCUT2D eigenvalue weighted by molar-refractivity contribution is 6.20. The van der Waals surface area contributed by atoms with E-state index in [0.29, 0.717) is 17.4 Å². The summed E-state index contributed by atoms with van der Waals surface area (Å²) in [6.45, 7) is 11.9. The molecule has 0 heterocycles. The molecule has 1 fully saturated rings. The molecule has 0 aliphatic heterocycles. The summed E-state index contributed by atoms with van der Waals surface area (Å²) >= 11 is 6.52. The Labute approximate surface area is 106 Å². The summed E-state index contributed by atoms with van der Waals surface area (Å²) < 4.78 is 5.78. The van der Waals surface area contributed by atoms with Crippen LogP contribution >= 0.6 is 11.6 Å². The van der Waals surface area contributed by atoms with Gasteiger partial charge < -0.3 is 4.74 Å². The molecule has 0 amide bonds. The van der Waals surface area contributed by atoms with Crippen LogP contribution in [0.5, 0.6) is 0 Å². The fraction of sp³-hybridized carbons (Fsp3) is 1.00. The highest BCUT2D eigenvalue weighted by atomic mass is 35.5. The molecule has 1 nitrogen and oxygen atoms in total. The van der Waals surface area contributed by atoms with Crippen molar-refractivity contribution in [2.45, 2.75) is 65.4 Å². The minimum absolute atomic E-state index is 0.205. The van der Waals surface area contributed by atoms with Crippen molar-refractivity contribution < 1.29 is 4.74 Å². The van der Waals surface area contributed by atoms with Gasteiger partial charge in [-0.05, 0) is 43.9 Å². The van der Waals surface area contributed by atoms with Crippen molar-refractivity contribution in [1.29, 1.82) is 0 Å². The van der Waals surface area contributed by atoms with Crippen molar-refractivity contribution in [2.75, 3.05) is 6.61 Å². The van der Waals surface area contributed by atoms with Crippen LogP contribution in [0.25, 0.3) is 0 Å². The summed E-state index contributed by atoms with van der Waals surface area (Å²) in [6, 6.07) is 0. The Morgan fingerprint density at radius 1 is 1.31 bits per heavy atom. The van der Waals surface area contributed by atoms with E-state index >= 15 is 0 Å². The number of rotatable bonds is 4. The Morgan fingerprint density at radius 2 is 1.94 bits per heavy atom. The van der Waals surface area contributed by atoms with Crippen LogP contribution in [0, 0.1) is 17.3 Å². The monoisotopic (exact) mass is 246 g/mol. The fourth-order valence-electron chi connectivity index (χ4n) is 2.68. The second kappa shape index (κ2) is 5.73. The molecule has 1 aliphatic rings. The van der Waals surface area contributed by atoms with Gasteiger partial charge in [-0.15, -0.1) is 11.6 Å². The van der Waals surface area contributed by atoms with Crippen LogP contribution in [0.4, 0.5) is 0 Å². The molecule has 0 saturated heterocycles. The van der Waals surface area contributed by atoms with E-state index in [-0.39, 0.29) is 5.41 Å². The van der Waals surface area contributed by atoms with E-state index in [1.54, 1.807) is 0 Å². The van der Waals surface area contributed by atoms with Crippen LogP contribution in [0.1, 0.15) is 53.9 Å². The predicted octanol–water partition coefficient (Wildman–Crippen LogP) is 4.48. The highest BCUT2D eigenvalue weighted by Crippen LogP contribution is 2.43. The Balaban J connectivity index is 2.53. The van der Waals surface area contributed by atoms with E-state index in [0.717, 1.165) is 18.9 Å². The third-order valence-electron chi connectivity index (χ3n) is 3.83. The Bertz CT molecular complexity index is 213. The second-order valence-corrected chi connectivity index (χ2v) is 6.95. The molecule has 1 saturated carbocycles. The molecule has 96 valence electrons. The van der Waals surface area contributed by atoms with Crippen LogP contribution in [-0.2, 0) is 4.74 Å². The zero-order valence-electron chi connectivity index (χ0n) is 11.4. The van der Waals surface area contributed by atoms with Gasteiger partial charge in [-0.2, -0.15) is 0 Å². The van der Waals surface area contributed by atoms with Crippen LogP contribution < -0.4 is 0 Å². The van der Waals surface area contributed by atoms with Crippen LogP contribution in [0.15, 0.2) is 0 Å². The van der Waals surface area contributed by atoms with Crippen LogP contribution in [0.2, 0.25) is 0 Å². The average Bonchev–Trinajstić information content (AvgIpc) is 2.14. The van der Waals surface area contributed by atoms with E-state index in [1.807, 2.05) is 0 Å². The van der Waals surface area contributed by atoms with Gasteiger partial charge in [0, 0.05) is 5.38 Å². The number of hydrogen-bond acceptors (Lipinski definition) is 1. The maximum absolute atomic E-state index is 6.52. The molecule has 0 aromatic rings. The van der Waals surface area contributed by atoms with Gasteiger partial charge >= 0.3 is 0 Å². The summed E-state index contributed by atoms with van der Waals surface area (Å²) in [6.07, 6.45) is 4.05. The SMILES string of the molecule is CC1CCC(C(C)(C)COC(C)C)C(Cl)C1. The van der Waals surface area contributed by atoms with Gasteiger partial charge in [-0.3, -0.25) is 0 Å². The molecule has 3 unspecified atom stereocenters. The van der Waals surface area contributed by atoms with Crippen molar-refractivity contribution in [2.24, 2.45) is 17.3 Å². The summed E-state index contributed by atoms with van der Waals surface area (Å²) in [7, 11) is 0. The number of ether oxygens (including phenoxy) is 1. The van der Waals surface area contributed by atoms with E-state index in [4.69, 9.17) is 16.3 Å². The van der Waals surface area contributed by atoms with Gasteiger partial charge in [0.2, 0.25) is 0 Å². The lowest BCUT2D eigenvalue weighted by Gasteiger charge is -2.42. The fourth-order valence-corrected chi connectivity index (χ4v) is 3.45. The summed E-state index contributed by atoms with van der Waals surface area (Å²) in [5, 5.41) is 0.328. The summed E-state index contributed by atoms with van der Waals surface area (Å²) in [5.41, 5.74) is 0.205. The first-order valence-electron chi connectivity index (χ1n) is 6.58. The van der Waals surface area contributed by atoms with Crippen molar-refractivity contribution in [3.8, 4) is 0 Å².